The molecule has 16 heavy (non-hydrogen) atoms. The minimum atomic E-state index is -0.468. The average molecular weight is 224 g/mol. The van der Waals surface area contributed by atoms with Gasteiger partial charge in [0, 0.05) is 12.7 Å². The summed E-state index contributed by atoms with van der Waals surface area (Å²) in [6.07, 6.45) is 1.22. The molecule has 0 radical (unpaired) electrons. The first-order chi connectivity index (χ1) is 7.45. The summed E-state index contributed by atoms with van der Waals surface area (Å²) in [5, 5.41) is 15.8. The lowest BCUT2D eigenvalue weighted by atomic mass is 9.99. The molecule has 0 aliphatic carbocycles. The molecular weight excluding hydrogens is 204 g/mol. The quantitative estimate of drug-likeness (QED) is 0.706. The number of hydrogen-bond donors (Lipinski definition) is 3. The van der Waals surface area contributed by atoms with Crippen LogP contribution in [0.1, 0.15) is 27.7 Å². The summed E-state index contributed by atoms with van der Waals surface area (Å²) >= 11 is 0. The van der Waals surface area contributed by atoms with Crippen molar-refractivity contribution in [2.45, 2.75) is 39.3 Å². The summed E-state index contributed by atoms with van der Waals surface area (Å²) in [4.78, 5) is 8.36. The summed E-state index contributed by atoms with van der Waals surface area (Å²) < 4.78 is 0. The maximum absolute atomic E-state index is 9.59. The van der Waals surface area contributed by atoms with E-state index in [-0.39, 0.29) is 0 Å². The lowest BCUT2D eigenvalue weighted by Crippen LogP contribution is -2.42. The zero-order valence-electron chi connectivity index (χ0n) is 10.3. The molecule has 1 heterocycles. The van der Waals surface area contributed by atoms with Gasteiger partial charge in [-0.15, -0.1) is 0 Å². The molecule has 90 valence electrons. The fourth-order valence-corrected chi connectivity index (χ4v) is 1.11. The van der Waals surface area contributed by atoms with Gasteiger partial charge < -0.3 is 15.7 Å². The Balaban J connectivity index is 2.77. The van der Waals surface area contributed by atoms with Gasteiger partial charge in [0.15, 0.2) is 0 Å². The number of nitrogens with zero attached hydrogens (tertiary/aromatic N) is 2. The van der Waals surface area contributed by atoms with E-state index < -0.39 is 11.6 Å². The largest absolute Gasteiger partial charge is 0.391 e. The monoisotopic (exact) mass is 224 g/mol. The van der Waals surface area contributed by atoms with Crippen molar-refractivity contribution >= 4 is 11.8 Å². The van der Waals surface area contributed by atoms with Crippen LogP contribution in [0, 0.1) is 0 Å². The van der Waals surface area contributed by atoms with Crippen LogP contribution in [0.2, 0.25) is 0 Å². The fourth-order valence-electron chi connectivity index (χ4n) is 1.11. The van der Waals surface area contributed by atoms with Gasteiger partial charge in [0.1, 0.15) is 5.82 Å². The fraction of sp³-hybridized carbons (Fsp3) is 0.636. The molecule has 1 atom stereocenters. The summed E-state index contributed by atoms with van der Waals surface area (Å²) in [5.41, 5.74) is -0.419. The second kappa shape index (κ2) is 5.12. The molecule has 0 fully saturated rings. The average Bonchev–Trinajstić information content (AvgIpc) is 2.17. The van der Waals surface area contributed by atoms with Crippen LogP contribution in [0.15, 0.2) is 12.3 Å². The predicted octanol–water partition coefficient (Wildman–Crippen LogP) is 1.48. The van der Waals surface area contributed by atoms with Crippen molar-refractivity contribution in [3.8, 4) is 0 Å². The van der Waals surface area contributed by atoms with E-state index in [2.05, 4.69) is 20.6 Å². The van der Waals surface area contributed by atoms with Gasteiger partial charge >= 0.3 is 0 Å². The Labute approximate surface area is 96.3 Å². The number of rotatable bonds is 5. The molecule has 0 aliphatic heterocycles. The minimum Gasteiger partial charge on any atom is -0.391 e. The maximum atomic E-state index is 9.59. The second-order valence-corrected chi connectivity index (χ2v) is 4.32. The third-order valence-corrected chi connectivity index (χ3v) is 2.49. The SMILES string of the molecule is CCNc1nccc(NC(C)(C)C(C)O)n1. The lowest BCUT2D eigenvalue weighted by molar-refractivity contribution is 0.133. The zero-order valence-corrected chi connectivity index (χ0v) is 10.3. The Morgan fingerprint density at radius 3 is 2.75 bits per heavy atom. The molecule has 0 aliphatic rings. The van der Waals surface area contributed by atoms with Gasteiger partial charge in [0.25, 0.3) is 0 Å². The molecular formula is C11H20N4O. The van der Waals surface area contributed by atoms with E-state index in [9.17, 15) is 5.11 Å². The van der Waals surface area contributed by atoms with Crippen LogP contribution in [0.25, 0.3) is 0 Å². The van der Waals surface area contributed by atoms with Gasteiger partial charge in [-0.05, 0) is 33.8 Å². The van der Waals surface area contributed by atoms with Crippen molar-refractivity contribution < 1.29 is 5.11 Å². The Kier molecular flexibility index (Phi) is 4.06. The summed E-state index contributed by atoms with van der Waals surface area (Å²) in [6.45, 7) is 8.37. The van der Waals surface area contributed by atoms with E-state index in [4.69, 9.17) is 0 Å². The number of aromatic nitrogens is 2. The molecule has 0 aromatic carbocycles. The van der Waals surface area contributed by atoms with E-state index in [0.717, 1.165) is 6.54 Å². The van der Waals surface area contributed by atoms with Crippen LogP contribution in [0.4, 0.5) is 11.8 Å². The third kappa shape index (κ3) is 3.34. The highest BCUT2D eigenvalue weighted by Crippen LogP contribution is 2.16. The Morgan fingerprint density at radius 1 is 1.50 bits per heavy atom. The standard InChI is InChI=1S/C11H20N4O/c1-5-12-10-13-7-6-9(14-10)15-11(3,4)8(2)16/h6-8,16H,5H2,1-4H3,(H2,12,13,14,15). The van der Waals surface area contributed by atoms with E-state index in [0.29, 0.717) is 11.8 Å². The van der Waals surface area contributed by atoms with Gasteiger partial charge in [-0.3, -0.25) is 0 Å². The highest BCUT2D eigenvalue weighted by Gasteiger charge is 2.24. The number of anilines is 2. The van der Waals surface area contributed by atoms with Crippen molar-refractivity contribution in [3.63, 3.8) is 0 Å². The Bertz CT molecular complexity index is 339. The van der Waals surface area contributed by atoms with Crippen molar-refractivity contribution in [1.29, 1.82) is 0 Å². The number of aliphatic hydroxyl groups excluding tert-OH is 1. The van der Waals surface area contributed by atoms with E-state index in [1.54, 1.807) is 19.2 Å². The lowest BCUT2D eigenvalue weighted by Gasteiger charge is -2.29. The van der Waals surface area contributed by atoms with Crippen LogP contribution in [0.3, 0.4) is 0 Å². The molecule has 3 N–H and O–H groups in total. The Morgan fingerprint density at radius 2 is 2.19 bits per heavy atom. The van der Waals surface area contributed by atoms with Gasteiger partial charge in [0.05, 0.1) is 11.6 Å². The summed E-state index contributed by atoms with van der Waals surface area (Å²) in [5.74, 6) is 1.30. The molecule has 1 aromatic rings. The van der Waals surface area contributed by atoms with Crippen LogP contribution in [-0.4, -0.2) is 33.3 Å². The first-order valence-corrected chi connectivity index (χ1v) is 5.49. The van der Waals surface area contributed by atoms with Crippen molar-refractivity contribution in [2.24, 2.45) is 0 Å². The molecule has 1 aromatic heterocycles. The highest BCUT2D eigenvalue weighted by molar-refractivity contribution is 5.41. The number of nitrogens with one attached hydrogen (secondary N) is 2. The van der Waals surface area contributed by atoms with Crippen molar-refractivity contribution in [3.05, 3.63) is 12.3 Å². The normalized spacial score (nSPS) is 13.3. The van der Waals surface area contributed by atoms with Crippen LogP contribution >= 0.6 is 0 Å². The number of hydrogen-bond acceptors (Lipinski definition) is 5. The van der Waals surface area contributed by atoms with Gasteiger partial charge in [-0.1, -0.05) is 0 Å². The number of aliphatic hydroxyl groups is 1. The second-order valence-electron chi connectivity index (χ2n) is 4.32. The van der Waals surface area contributed by atoms with Gasteiger partial charge in [-0.25, -0.2) is 4.98 Å². The van der Waals surface area contributed by atoms with E-state index >= 15 is 0 Å². The molecule has 0 bridgehead atoms. The Hall–Kier alpha value is -1.36. The predicted molar refractivity (Wildman–Crippen MR) is 65.6 cm³/mol. The first kappa shape index (κ1) is 12.7. The summed E-state index contributed by atoms with van der Waals surface area (Å²) in [7, 11) is 0. The van der Waals surface area contributed by atoms with Crippen LogP contribution in [-0.2, 0) is 0 Å². The van der Waals surface area contributed by atoms with Crippen molar-refractivity contribution in [2.75, 3.05) is 17.2 Å². The molecule has 0 saturated carbocycles. The molecule has 1 rings (SSSR count). The van der Waals surface area contributed by atoms with Crippen LogP contribution < -0.4 is 10.6 Å². The third-order valence-electron chi connectivity index (χ3n) is 2.49. The molecule has 0 spiro atoms. The topological polar surface area (TPSA) is 70.1 Å². The highest BCUT2D eigenvalue weighted by atomic mass is 16.3. The maximum Gasteiger partial charge on any atom is 0.224 e. The first-order valence-electron chi connectivity index (χ1n) is 5.49. The molecule has 0 saturated heterocycles. The van der Waals surface area contributed by atoms with E-state index in [1.165, 1.54) is 0 Å². The summed E-state index contributed by atoms with van der Waals surface area (Å²) in [6, 6.07) is 1.78. The molecule has 0 amide bonds. The van der Waals surface area contributed by atoms with Gasteiger partial charge in [0.2, 0.25) is 5.95 Å². The van der Waals surface area contributed by atoms with Crippen molar-refractivity contribution in [1.82, 2.24) is 9.97 Å². The van der Waals surface area contributed by atoms with Crippen LogP contribution in [0.5, 0.6) is 0 Å². The molecule has 5 heteroatoms. The smallest absolute Gasteiger partial charge is 0.224 e. The minimum absolute atomic E-state index is 0.419. The van der Waals surface area contributed by atoms with Gasteiger partial charge in [-0.2, -0.15) is 4.98 Å². The van der Waals surface area contributed by atoms with E-state index in [1.807, 2.05) is 20.8 Å². The molecule has 5 nitrogen and oxygen atoms in total. The molecule has 1 unspecified atom stereocenters. The zero-order chi connectivity index (χ0) is 12.2.